The molecule has 0 amide bonds. The van der Waals surface area contributed by atoms with Crippen molar-refractivity contribution in [1.82, 2.24) is 0 Å². The van der Waals surface area contributed by atoms with Gasteiger partial charge in [0.1, 0.15) is 11.9 Å². The summed E-state index contributed by atoms with van der Waals surface area (Å²) in [6.07, 6.45) is 0. The van der Waals surface area contributed by atoms with Crippen molar-refractivity contribution < 1.29 is 9.33 Å². The monoisotopic (exact) mass is 184 g/mol. The molecule has 0 saturated heterocycles. The highest BCUT2D eigenvalue weighted by atomic mass is 35.6. The van der Waals surface area contributed by atoms with E-state index in [1.54, 1.807) is 0 Å². The van der Waals surface area contributed by atoms with Crippen LogP contribution in [0.3, 0.4) is 0 Å². The molecule has 0 radical (unpaired) electrons. The summed E-state index contributed by atoms with van der Waals surface area (Å²) in [6, 6.07) is 0. The first kappa shape index (κ1) is 8.08. The van der Waals surface area contributed by atoms with E-state index in [4.69, 9.17) is 34.8 Å². The molecule has 44 valence electrons. The highest BCUT2D eigenvalue weighted by Crippen LogP contribution is 2.27. The van der Waals surface area contributed by atoms with E-state index in [0.29, 0.717) is 0 Å². The smallest absolute Gasteiger partial charge is 0.161 e. The minimum Gasteiger partial charge on any atom is -0.161 e. The quantitative estimate of drug-likeness (QED) is 0.355. The van der Waals surface area contributed by atoms with Crippen molar-refractivity contribution in [1.29, 1.82) is 0 Å². The molecule has 0 saturated carbocycles. The lowest BCUT2D eigenvalue weighted by molar-refractivity contribution is -0.209. The van der Waals surface area contributed by atoms with Crippen LogP contribution in [0.25, 0.3) is 0 Å². The van der Waals surface area contributed by atoms with E-state index in [9.17, 15) is 0 Å². The van der Waals surface area contributed by atoms with E-state index in [-0.39, 0.29) is 0 Å². The van der Waals surface area contributed by atoms with E-state index in [2.05, 4.69) is 21.2 Å². The average molecular weight is 186 g/mol. The van der Waals surface area contributed by atoms with Crippen LogP contribution in [-0.4, -0.2) is 3.98 Å². The zero-order chi connectivity index (χ0) is 5.91. The third-order valence-electron chi connectivity index (χ3n) is 0.126. The molecule has 0 fully saturated rings. The van der Waals surface area contributed by atoms with Crippen molar-refractivity contribution in [3.8, 4) is 0 Å². The molecule has 6 heteroatoms. The first-order valence-corrected chi connectivity index (χ1v) is 2.53. The molecule has 2 nitrogen and oxygen atoms in total. The molecule has 0 aliphatic heterocycles. The summed E-state index contributed by atoms with van der Waals surface area (Å²) in [5.74, 6) is 0. The first-order chi connectivity index (χ1) is 3.06. The van der Waals surface area contributed by atoms with Gasteiger partial charge < -0.3 is 0 Å². The van der Waals surface area contributed by atoms with Gasteiger partial charge in [-0.3, -0.25) is 0 Å². The third-order valence-corrected chi connectivity index (χ3v) is 0.378. The molecule has 0 aromatic carbocycles. The molecule has 0 unspecified atom stereocenters. The Morgan fingerprint density at radius 2 is 1.57 bits per heavy atom. The van der Waals surface area contributed by atoms with Gasteiger partial charge in [0.2, 0.25) is 0 Å². The molecule has 0 aliphatic carbocycles. The van der Waals surface area contributed by atoms with Gasteiger partial charge in [0.25, 0.3) is 0 Å². The van der Waals surface area contributed by atoms with Crippen LogP contribution < -0.4 is 0 Å². The highest BCUT2D eigenvalue weighted by Gasteiger charge is 2.21. The van der Waals surface area contributed by atoms with Crippen LogP contribution in [0.1, 0.15) is 0 Å². The number of hydrogen-bond acceptors (Lipinski definition) is 2. The van der Waals surface area contributed by atoms with Crippen LogP contribution in [0.2, 0.25) is 0 Å². The fourth-order valence-corrected chi connectivity index (χ4v) is 0.321. The molecule has 0 bridgehead atoms. The van der Waals surface area contributed by atoms with Gasteiger partial charge >= 0.3 is 3.98 Å². The second-order valence-electron chi connectivity index (χ2n) is 0.592. The van der Waals surface area contributed by atoms with Gasteiger partial charge in [0, 0.05) is 0 Å². The van der Waals surface area contributed by atoms with Crippen LogP contribution in [-0.2, 0) is 9.33 Å². The fourth-order valence-electron chi connectivity index (χ4n) is 0.0357. The fraction of sp³-hybridized carbons (Fsp3) is 1.00. The van der Waals surface area contributed by atoms with Crippen LogP contribution in [0, 0.1) is 0 Å². The summed E-state index contributed by atoms with van der Waals surface area (Å²) < 4.78 is 1.60. The van der Waals surface area contributed by atoms with Crippen LogP contribution in [0.4, 0.5) is 0 Å². The maximum Gasteiger partial charge on any atom is 0.327 e. The zero-order valence-corrected chi connectivity index (χ0v) is 5.85. The van der Waals surface area contributed by atoms with Crippen molar-refractivity contribution in [3.63, 3.8) is 0 Å². The largest absolute Gasteiger partial charge is 0.327 e. The van der Waals surface area contributed by atoms with Crippen molar-refractivity contribution >= 4 is 46.7 Å². The number of halogens is 4. The van der Waals surface area contributed by atoms with Gasteiger partial charge in [-0.15, -0.1) is 4.44 Å². The van der Waals surface area contributed by atoms with E-state index in [0.717, 1.165) is 0 Å². The maximum absolute atomic E-state index is 4.93. The minimum absolute atomic E-state index is 1.89. The van der Waals surface area contributed by atoms with E-state index in [1.165, 1.54) is 0 Å². The molecule has 0 heterocycles. The third kappa shape index (κ3) is 7.08. The Labute approximate surface area is 60.3 Å². The van der Waals surface area contributed by atoms with Crippen LogP contribution in [0.5, 0.6) is 0 Å². The van der Waals surface area contributed by atoms with Crippen LogP contribution in [0.15, 0.2) is 0 Å². The Hall–Kier alpha value is 1.08. The van der Waals surface area contributed by atoms with E-state index in [1.807, 2.05) is 0 Å². The zero-order valence-electron chi connectivity index (χ0n) is 2.83. The second-order valence-corrected chi connectivity index (χ2v) is 2.90. The Morgan fingerprint density at radius 1 is 1.14 bits per heavy atom. The average Bonchev–Trinajstić information content (AvgIpc) is 1.30. The summed E-state index contributed by atoms with van der Waals surface area (Å²) in [5.41, 5.74) is 0. The van der Waals surface area contributed by atoms with Gasteiger partial charge in [-0.05, 0) is 0 Å². The highest BCUT2D eigenvalue weighted by molar-refractivity contribution is 6.66. The summed E-state index contributed by atoms with van der Waals surface area (Å²) in [6.45, 7) is 0. The van der Waals surface area contributed by atoms with E-state index < -0.39 is 3.98 Å². The summed E-state index contributed by atoms with van der Waals surface area (Å²) in [4.78, 5) is 3.79. The van der Waals surface area contributed by atoms with Crippen molar-refractivity contribution in [3.05, 3.63) is 0 Å². The van der Waals surface area contributed by atoms with Crippen molar-refractivity contribution in [2.45, 2.75) is 3.98 Å². The number of hydrogen-bond donors (Lipinski definition) is 0. The molecule has 0 aromatic heterocycles. The van der Waals surface area contributed by atoms with Crippen molar-refractivity contribution in [2.24, 2.45) is 0 Å². The molecule has 0 atom stereocenters. The Morgan fingerprint density at radius 3 is 1.57 bits per heavy atom. The molecular weight excluding hydrogens is 186 g/mol. The standard InChI is InChI=1S/CCl4O2/c2-1(3,4)6-7-5. The summed E-state index contributed by atoms with van der Waals surface area (Å²) in [5, 5.41) is 0. The van der Waals surface area contributed by atoms with Gasteiger partial charge in [0.05, 0.1) is 0 Å². The Kier molecular flexibility index (Phi) is 3.66. The SMILES string of the molecule is ClOOC(Cl)(Cl)Cl. The Balaban J connectivity index is 3.15. The molecule has 0 aromatic rings. The minimum atomic E-state index is -1.89. The summed E-state index contributed by atoms with van der Waals surface area (Å²) in [7, 11) is 0. The van der Waals surface area contributed by atoms with E-state index >= 15 is 0 Å². The predicted molar refractivity (Wildman–Crippen MR) is 28.3 cm³/mol. The lowest BCUT2D eigenvalue weighted by Gasteiger charge is -2.03. The molecule has 7 heavy (non-hydrogen) atoms. The van der Waals surface area contributed by atoms with Gasteiger partial charge in [-0.1, -0.05) is 34.8 Å². The lowest BCUT2D eigenvalue weighted by atomic mass is 11.6. The maximum atomic E-state index is 4.93. The van der Waals surface area contributed by atoms with Crippen molar-refractivity contribution in [2.75, 3.05) is 0 Å². The summed E-state index contributed by atoms with van der Waals surface area (Å²) >= 11 is 19.3. The number of alkyl halides is 3. The Bertz CT molecular complexity index is 48.1. The van der Waals surface area contributed by atoms with Gasteiger partial charge in [-0.25, -0.2) is 0 Å². The normalized spacial score (nSPS) is 12.0. The second kappa shape index (κ2) is 3.17. The molecule has 0 N–H and O–H groups in total. The molecule has 0 aliphatic rings. The van der Waals surface area contributed by atoms with Crippen LogP contribution >= 0.6 is 46.7 Å². The molecule has 0 spiro atoms. The van der Waals surface area contributed by atoms with Gasteiger partial charge in [0.15, 0.2) is 0 Å². The first-order valence-electron chi connectivity index (χ1n) is 1.09. The van der Waals surface area contributed by atoms with Gasteiger partial charge in [-0.2, -0.15) is 4.89 Å². The predicted octanol–water partition coefficient (Wildman–Crippen LogP) is 2.42. The lowest BCUT2D eigenvalue weighted by Crippen LogP contribution is -2.04. The topological polar surface area (TPSA) is 18.5 Å². The molecular formula is CCl4O2. The molecule has 0 rings (SSSR count). The number of rotatable bonds is 1.